The summed E-state index contributed by atoms with van der Waals surface area (Å²) in [6.07, 6.45) is 5.37. The summed E-state index contributed by atoms with van der Waals surface area (Å²) < 4.78 is 25.2. The molecule has 2 aliphatic heterocycles. The van der Waals surface area contributed by atoms with Gasteiger partial charge in [-0.2, -0.15) is 0 Å². The minimum Gasteiger partial charge on any atom is -0.348 e. The maximum atomic E-state index is 13.6. The van der Waals surface area contributed by atoms with Crippen molar-refractivity contribution in [2.45, 2.75) is 48.8 Å². The maximum absolute atomic E-state index is 13.6. The van der Waals surface area contributed by atoms with Gasteiger partial charge in [0.15, 0.2) is 5.79 Å². The van der Waals surface area contributed by atoms with Crippen molar-refractivity contribution in [1.29, 1.82) is 0 Å². The van der Waals surface area contributed by atoms with Gasteiger partial charge in [-0.15, -0.1) is 11.8 Å². The molecular weight excluding hydrogens is 313 g/mol. The minimum absolute atomic E-state index is 0.131. The van der Waals surface area contributed by atoms with Crippen LogP contribution in [0.3, 0.4) is 0 Å². The molecule has 0 aromatic heterocycles. The van der Waals surface area contributed by atoms with E-state index in [1.807, 2.05) is 17.8 Å². The second-order valence-corrected chi connectivity index (χ2v) is 7.97. The quantitative estimate of drug-likeness (QED) is 0.906. The molecule has 126 valence electrons. The van der Waals surface area contributed by atoms with Crippen LogP contribution in [0.5, 0.6) is 0 Å². The number of benzene rings is 1. The van der Waals surface area contributed by atoms with E-state index in [0.717, 1.165) is 63.2 Å². The predicted octanol–water partition coefficient (Wildman–Crippen LogP) is 3.89. The largest absolute Gasteiger partial charge is 0.348 e. The highest BCUT2D eigenvalue weighted by Gasteiger charge is 2.40. The Bertz CT molecular complexity index is 552. The Morgan fingerprint density at radius 2 is 1.96 bits per heavy atom. The molecular formula is C18H24FNO2S. The Labute approximate surface area is 141 Å². The van der Waals surface area contributed by atoms with E-state index >= 15 is 0 Å². The number of hydrogen-bond donors (Lipinski definition) is 1. The first-order chi connectivity index (χ1) is 11.2. The molecule has 1 N–H and O–H groups in total. The highest BCUT2D eigenvalue weighted by Crippen LogP contribution is 2.39. The number of thioether (sulfide) groups is 1. The molecule has 0 bridgehead atoms. The maximum Gasteiger partial charge on any atom is 0.168 e. The first kappa shape index (κ1) is 15.9. The molecule has 2 heterocycles. The van der Waals surface area contributed by atoms with Crippen molar-refractivity contribution >= 4 is 11.8 Å². The topological polar surface area (TPSA) is 30.5 Å². The first-order valence-corrected chi connectivity index (χ1v) is 9.66. The normalized spacial score (nSPS) is 27.3. The van der Waals surface area contributed by atoms with Crippen LogP contribution in [0.1, 0.15) is 43.7 Å². The smallest absolute Gasteiger partial charge is 0.168 e. The Morgan fingerprint density at radius 1 is 1.17 bits per heavy atom. The number of halogens is 1. The lowest BCUT2D eigenvalue weighted by Gasteiger charge is -2.36. The molecule has 0 radical (unpaired) electrons. The van der Waals surface area contributed by atoms with Gasteiger partial charge in [0.2, 0.25) is 0 Å². The molecule has 1 aliphatic carbocycles. The van der Waals surface area contributed by atoms with Gasteiger partial charge >= 0.3 is 0 Å². The molecule has 23 heavy (non-hydrogen) atoms. The summed E-state index contributed by atoms with van der Waals surface area (Å²) in [5.41, 5.74) is 1.14. The first-order valence-electron chi connectivity index (χ1n) is 8.68. The molecule has 3 aliphatic rings. The Hall–Kier alpha value is -0.620. The molecule has 1 saturated carbocycles. The van der Waals surface area contributed by atoms with Gasteiger partial charge in [-0.3, -0.25) is 0 Å². The lowest BCUT2D eigenvalue weighted by Crippen LogP contribution is -2.38. The Balaban J connectivity index is 1.33. The summed E-state index contributed by atoms with van der Waals surface area (Å²) >= 11 is 1.84. The van der Waals surface area contributed by atoms with Crippen molar-refractivity contribution in [2.24, 2.45) is 5.92 Å². The van der Waals surface area contributed by atoms with E-state index in [0.29, 0.717) is 5.92 Å². The zero-order valence-electron chi connectivity index (χ0n) is 13.4. The average Bonchev–Trinajstić information content (AvgIpc) is 3.03. The van der Waals surface area contributed by atoms with E-state index in [-0.39, 0.29) is 17.6 Å². The van der Waals surface area contributed by atoms with Crippen molar-refractivity contribution in [1.82, 2.24) is 5.32 Å². The summed E-state index contributed by atoms with van der Waals surface area (Å²) in [4.78, 5) is 1.23. The van der Waals surface area contributed by atoms with Gasteiger partial charge < -0.3 is 14.8 Å². The van der Waals surface area contributed by atoms with Crippen molar-refractivity contribution in [3.8, 4) is 0 Å². The zero-order chi connectivity index (χ0) is 15.7. The number of ether oxygens (including phenoxy) is 2. The van der Waals surface area contributed by atoms with Crippen LogP contribution in [0.2, 0.25) is 0 Å². The number of nitrogens with one attached hydrogen (secondary N) is 1. The van der Waals surface area contributed by atoms with Crippen molar-refractivity contribution in [3.05, 3.63) is 29.6 Å². The number of fused-ring (bicyclic) bond motifs is 1. The van der Waals surface area contributed by atoms with E-state index in [1.165, 1.54) is 4.90 Å². The Kier molecular flexibility index (Phi) is 4.63. The van der Waals surface area contributed by atoms with Crippen LogP contribution in [-0.4, -0.2) is 31.3 Å². The molecule has 1 spiro atoms. The third kappa shape index (κ3) is 3.43. The lowest BCUT2D eigenvalue weighted by molar-refractivity contribution is -0.182. The summed E-state index contributed by atoms with van der Waals surface area (Å²) in [7, 11) is 0. The van der Waals surface area contributed by atoms with Gasteiger partial charge in [-0.05, 0) is 61.2 Å². The summed E-state index contributed by atoms with van der Waals surface area (Å²) in [5.74, 6) is 1.37. The van der Waals surface area contributed by atoms with Gasteiger partial charge in [-0.25, -0.2) is 4.39 Å². The van der Waals surface area contributed by atoms with Gasteiger partial charge in [-0.1, -0.05) is 0 Å². The summed E-state index contributed by atoms with van der Waals surface area (Å²) in [6.45, 7) is 2.48. The molecule has 4 rings (SSSR count). The van der Waals surface area contributed by atoms with Crippen LogP contribution in [-0.2, 0) is 9.47 Å². The molecule has 0 amide bonds. The van der Waals surface area contributed by atoms with Crippen molar-refractivity contribution < 1.29 is 13.9 Å². The van der Waals surface area contributed by atoms with Gasteiger partial charge in [0.05, 0.1) is 13.2 Å². The van der Waals surface area contributed by atoms with E-state index < -0.39 is 0 Å². The van der Waals surface area contributed by atoms with Gasteiger partial charge in [0, 0.05) is 23.8 Å². The molecule has 2 fully saturated rings. The second-order valence-electron chi connectivity index (χ2n) is 6.83. The van der Waals surface area contributed by atoms with Crippen LogP contribution >= 0.6 is 11.8 Å². The van der Waals surface area contributed by atoms with Crippen LogP contribution in [0, 0.1) is 11.7 Å². The van der Waals surface area contributed by atoms with Crippen LogP contribution < -0.4 is 5.32 Å². The average molecular weight is 337 g/mol. The fraction of sp³-hybridized carbons (Fsp3) is 0.667. The number of hydrogen-bond acceptors (Lipinski definition) is 4. The number of rotatable bonds is 3. The van der Waals surface area contributed by atoms with E-state index in [2.05, 4.69) is 5.32 Å². The van der Waals surface area contributed by atoms with E-state index in [4.69, 9.17) is 9.47 Å². The molecule has 1 atom stereocenters. The summed E-state index contributed by atoms with van der Waals surface area (Å²) in [6, 6.07) is 5.48. The fourth-order valence-electron chi connectivity index (χ4n) is 3.99. The third-order valence-electron chi connectivity index (χ3n) is 5.34. The molecule has 5 heteroatoms. The van der Waals surface area contributed by atoms with Crippen molar-refractivity contribution in [3.63, 3.8) is 0 Å². The zero-order valence-corrected chi connectivity index (χ0v) is 14.2. The Morgan fingerprint density at radius 3 is 2.74 bits per heavy atom. The second kappa shape index (κ2) is 6.71. The highest BCUT2D eigenvalue weighted by atomic mass is 32.2. The van der Waals surface area contributed by atoms with E-state index in [1.54, 1.807) is 12.1 Å². The molecule has 0 unspecified atom stereocenters. The van der Waals surface area contributed by atoms with Gasteiger partial charge in [0.1, 0.15) is 5.82 Å². The fourth-order valence-corrected chi connectivity index (χ4v) is 5.10. The highest BCUT2D eigenvalue weighted by molar-refractivity contribution is 7.99. The minimum atomic E-state index is -0.270. The predicted molar refractivity (Wildman–Crippen MR) is 89.1 cm³/mol. The van der Waals surface area contributed by atoms with Crippen LogP contribution in [0.15, 0.2) is 23.1 Å². The molecule has 3 nitrogen and oxygen atoms in total. The molecule has 1 aromatic rings. The third-order valence-corrected chi connectivity index (χ3v) is 6.47. The summed E-state index contributed by atoms with van der Waals surface area (Å²) in [5, 5.41) is 3.69. The molecule has 1 saturated heterocycles. The monoisotopic (exact) mass is 337 g/mol. The molecule has 1 aromatic carbocycles. The van der Waals surface area contributed by atoms with Crippen LogP contribution in [0.4, 0.5) is 4.39 Å². The standard InChI is InChI=1S/C18H24FNO2S/c19-14-1-2-17-15(11-14)16(5-10-23-17)20-12-13-3-6-18(7-4-13)21-8-9-22-18/h1-2,11,13,16,20H,3-10,12H2/t16-/m0/s1. The lowest BCUT2D eigenvalue weighted by atomic mass is 9.85. The van der Waals surface area contributed by atoms with Crippen molar-refractivity contribution in [2.75, 3.05) is 25.5 Å². The van der Waals surface area contributed by atoms with Crippen LogP contribution in [0.25, 0.3) is 0 Å². The van der Waals surface area contributed by atoms with E-state index in [9.17, 15) is 4.39 Å². The van der Waals surface area contributed by atoms with Gasteiger partial charge in [0.25, 0.3) is 0 Å². The SMILES string of the molecule is Fc1ccc2c(c1)[C@@H](NCC1CCC3(CC1)OCCO3)CCS2.